The topological polar surface area (TPSA) is 86.7 Å². The maximum atomic E-state index is 12.1. The number of carboxylic acids is 1. The minimum atomic E-state index is -3.39. The van der Waals surface area contributed by atoms with E-state index in [1.165, 1.54) is 0 Å². The summed E-state index contributed by atoms with van der Waals surface area (Å²) in [5.41, 5.74) is 0. The fourth-order valence-corrected chi connectivity index (χ4v) is 4.99. The summed E-state index contributed by atoms with van der Waals surface area (Å²) >= 11 is 0. The summed E-state index contributed by atoms with van der Waals surface area (Å²) in [6.07, 6.45) is 3.21. The Balaban J connectivity index is 2.08. The number of aliphatic carboxylic acids is 1. The molecule has 18 heavy (non-hydrogen) atoms. The molecule has 0 aliphatic carbocycles. The van der Waals surface area contributed by atoms with E-state index in [0.29, 0.717) is 19.4 Å². The van der Waals surface area contributed by atoms with Gasteiger partial charge < -0.3 is 5.11 Å². The van der Waals surface area contributed by atoms with Gasteiger partial charge in [0, 0.05) is 25.0 Å². The lowest BCUT2D eigenvalue weighted by Crippen LogP contribution is -2.51. The Hall–Kier alpha value is -0.660. The second-order valence-electron chi connectivity index (χ2n) is 5.15. The van der Waals surface area contributed by atoms with Crippen LogP contribution in [0.3, 0.4) is 0 Å². The quantitative estimate of drug-likeness (QED) is 0.768. The van der Waals surface area contributed by atoms with Crippen molar-refractivity contribution in [3.05, 3.63) is 0 Å². The zero-order valence-electron chi connectivity index (χ0n) is 10.5. The third-order valence-corrected chi connectivity index (χ3v) is 5.64. The largest absolute Gasteiger partial charge is 0.481 e. The molecule has 0 aromatic carbocycles. The fourth-order valence-electron chi connectivity index (χ4n) is 3.31. The number of carboxylic acid groups (broad SMARTS) is 1. The molecule has 6 nitrogen and oxygen atoms in total. The molecule has 0 amide bonds. The van der Waals surface area contributed by atoms with Crippen molar-refractivity contribution in [2.45, 2.75) is 51.1 Å². The van der Waals surface area contributed by atoms with E-state index in [2.05, 4.69) is 4.72 Å². The summed E-state index contributed by atoms with van der Waals surface area (Å²) in [5, 5.41) is 8.82. The zero-order valence-corrected chi connectivity index (χ0v) is 11.3. The molecular formula is C11H20N2O4S. The van der Waals surface area contributed by atoms with Gasteiger partial charge in [-0.25, -0.2) is 4.72 Å². The van der Waals surface area contributed by atoms with E-state index >= 15 is 0 Å². The van der Waals surface area contributed by atoms with Gasteiger partial charge in [-0.1, -0.05) is 6.92 Å². The van der Waals surface area contributed by atoms with Crippen molar-refractivity contribution in [3.8, 4) is 0 Å². The van der Waals surface area contributed by atoms with E-state index < -0.39 is 16.2 Å². The molecule has 0 aromatic rings. The van der Waals surface area contributed by atoms with Crippen LogP contribution in [0.2, 0.25) is 0 Å². The summed E-state index contributed by atoms with van der Waals surface area (Å²) in [6, 6.07) is -0.0331. The smallest absolute Gasteiger partial charge is 0.303 e. The second-order valence-corrected chi connectivity index (χ2v) is 6.81. The first-order valence-electron chi connectivity index (χ1n) is 6.44. The summed E-state index contributed by atoms with van der Waals surface area (Å²) in [5.74, 6) is -0.671. The van der Waals surface area contributed by atoms with Gasteiger partial charge in [-0.2, -0.15) is 12.7 Å². The molecule has 2 rings (SSSR count). The molecule has 2 aliphatic heterocycles. The van der Waals surface area contributed by atoms with Gasteiger partial charge in [0.05, 0.1) is 0 Å². The molecule has 2 heterocycles. The number of hydrogen-bond donors (Lipinski definition) is 2. The highest BCUT2D eigenvalue weighted by atomic mass is 32.2. The lowest BCUT2D eigenvalue weighted by Gasteiger charge is -2.37. The third-order valence-electron chi connectivity index (χ3n) is 3.83. The molecule has 2 bridgehead atoms. The molecule has 2 aliphatic rings. The third kappa shape index (κ3) is 2.67. The molecule has 0 saturated carbocycles. The molecule has 104 valence electrons. The van der Waals surface area contributed by atoms with Crippen LogP contribution in [-0.4, -0.2) is 42.4 Å². The zero-order chi connectivity index (χ0) is 13.3. The van der Waals surface area contributed by atoms with Crippen molar-refractivity contribution in [1.29, 1.82) is 0 Å². The predicted molar refractivity (Wildman–Crippen MR) is 66.2 cm³/mol. The van der Waals surface area contributed by atoms with Crippen molar-refractivity contribution in [3.63, 3.8) is 0 Å². The number of hydrogen-bond acceptors (Lipinski definition) is 3. The highest BCUT2D eigenvalue weighted by molar-refractivity contribution is 7.87. The predicted octanol–water partition coefficient (Wildman–Crippen LogP) is 0.558. The van der Waals surface area contributed by atoms with Crippen LogP contribution in [0.25, 0.3) is 0 Å². The molecule has 0 radical (unpaired) electrons. The number of carbonyl (C=O) groups is 1. The van der Waals surface area contributed by atoms with Crippen molar-refractivity contribution in [1.82, 2.24) is 9.03 Å². The highest BCUT2D eigenvalue weighted by Gasteiger charge is 2.46. The summed E-state index contributed by atoms with van der Waals surface area (Å²) in [6.45, 7) is 2.15. The van der Waals surface area contributed by atoms with Gasteiger partial charge >= 0.3 is 5.97 Å². The SMILES string of the molecule is CCNS(=O)(=O)N1C2CCC1CC(CC(=O)O)C2. The number of fused-ring (bicyclic) bond motifs is 2. The molecule has 2 N–H and O–H groups in total. The van der Waals surface area contributed by atoms with Crippen LogP contribution < -0.4 is 4.72 Å². The van der Waals surface area contributed by atoms with E-state index in [0.717, 1.165) is 12.8 Å². The minimum Gasteiger partial charge on any atom is -0.481 e. The van der Waals surface area contributed by atoms with Crippen molar-refractivity contribution >= 4 is 16.2 Å². The Bertz CT molecular complexity index is 409. The van der Waals surface area contributed by atoms with Gasteiger partial charge in [0.15, 0.2) is 0 Å². The van der Waals surface area contributed by atoms with E-state index in [1.54, 1.807) is 11.2 Å². The van der Waals surface area contributed by atoms with Gasteiger partial charge in [-0.05, 0) is 31.6 Å². The summed E-state index contributed by atoms with van der Waals surface area (Å²) < 4.78 is 28.3. The van der Waals surface area contributed by atoms with Gasteiger partial charge in [0.2, 0.25) is 0 Å². The molecule has 2 atom stereocenters. The normalized spacial score (nSPS) is 32.6. The maximum Gasteiger partial charge on any atom is 0.303 e. The first-order chi connectivity index (χ1) is 8.44. The van der Waals surface area contributed by atoms with Crippen LogP contribution in [0.4, 0.5) is 0 Å². The molecule has 2 fully saturated rings. The van der Waals surface area contributed by atoms with E-state index in [9.17, 15) is 13.2 Å². The Kier molecular flexibility index (Phi) is 3.93. The molecule has 7 heteroatoms. The second kappa shape index (κ2) is 5.14. The van der Waals surface area contributed by atoms with Crippen LogP contribution in [-0.2, 0) is 15.0 Å². The molecular weight excluding hydrogens is 256 g/mol. The Morgan fingerprint density at radius 2 is 1.89 bits per heavy atom. The number of piperidine rings is 1. The van der Waals surface area contributed by atoms with Crippen molar-refractivity contribution in [2.75, 3.05) is 6.54 Å². The first-order valence-corrected chi connectivity index (χ1v) is 7.88. The van der Waals surface area contributed by atoms with Crippen LogP contribution >= 0.6 is 0 Å². The summed E-state index contributed by atoms with van der Waals surface area (Å²) in [4.78, 5) is 10.7. The molecule has 0 spiro atoms. The van der Waals surface area contributed by atoms with Crippen LogP contribution in [0, 0.1) is 5.92 Å². The average molecular weight is 276 g/mol. The fraction of sp³-hybridized carbons (Fsp3) is 0.909. The van der Waals surface area contributed by atoms with Gasteiger partial charge in [-0.3, -0.25) is 4.79 Å². The first kappa shape index (κ1) is 13.8. The Morgan fingerprint density at radius 1 is 1.33 bits per heavy atom. The Morgan fingerprint density at radius 3 is 2.33 bits per heavy atom. The Labute approximate surface area is 108 Å². The molecule has 2 unspecified atom stereocenters. The lowest BCUT2D eigenvalue weighted by atomic mass is 9.90. The van der Waals surface area contributed by atoms with E-state index in [-0.39, 0.29) is 24.4 Å². The minimum absolute atomic E-state index is 0.0165. The van der Waals surface area contributed by atoms with Crippen molar-refractivity contribution in [2.24, 2.45) is 5.92 Å². The number of nitrogens with zero attached hydrogens (tertiary/aromatic N) is 1. The van der Waals surface area contributed by atoms with Crippen LogP contribution in [0.15, 0.2) is 0 Å². The number of rotatable bonds is 5. The van der Waals surface area contributed by atoms with E-state index in [4.69, 9.17) is 5.11 Å². The molecule has 2 saturated heterocycles. The van der Waals surface area contributed by atoms with Crippen molar-refractivity contribution < 1.29 is 18.3 Å². The number of nitrogens with one attached hydrogen (secondary N) is 1. The standard InChI is InChI=1S/C11H20N2O4S/c1-2-12-18(16,17)13-9-3-4-10(13)6-8(5-9)7-11(14)15/h8-10,12H,2-7H2,1H3,(H,14,15). The highest BCUT2D eigenvalue weighted by Crippen LogP contribution is 2.41. The monoisotopic (exact) mass is 276 g/mol. The van der Waals surface area contributed by atoms with Gasteiger partial charge in [-0.15, -0.1) is 0 Å². The molecule has 0 aromatic heterocycles. The van der Waals surface area contributed by atoms with Gasteiger partial charge in [0.1, 0.15) is 0 Å². The van der Waals surface area contributed by atoms with Gasteiger partial charge in [0.25, 0.3) is 10.2 Å². The van der Waals surface area contributed by atoms with Crippen LogP contribution in [0.1, 0.15) is 39.0 Å². The van der Waals surface area contributed by atoms with Crippen LogP contribution in [0.5, 0.6) is 0 Å². The summed E-state index contributed by atoms with van der Waals surface area (Å²) in [7, 11) is -3.39. The van der Waals surface area contributed by atoms with E-state index in [1.807, 2.05) is 0 Å². The lowest BCUT2D eigenvalue weighted by molar-refractivity contribution is -0.138. The maximum absolute atomic E-state index is 12.1. The average Bonchev–Trinajstić information content (AvgIpc) is 2.51.